The third kappa shape index (κ3) is 5.80. The average Bonchev–Trinajstić information content (AvgIpc) is 2.34. The Labute approximate surface area is 105 Å². The van der Waals surface area contributed by atoms with Gasteiger partial charge in [-0.25, -0.2) is 0 Å². The first-order valence-corrected chi connectivity index (χ1v) is 7.09. The predicted molar refractivity (Wildman–Crippen MR) is 73.0 cm³/mol. The summed E-state index contributed by atoms with van der Waals surface area (Å²) >= 11 is 4.11. The summed E-state index contributed by atoms with van der Waals surface area (Å²) in [5.41, 5.74) is 0. The lowest BCUT2D eigenvalue weighted by Crippen LogP contribution is -2.28. The van der Waals surface area contributed by atoms with Gasteiger partial charge >= 0.3 is 0 Å². The summed E-state index contributed by atoms with van der Waals surface area (Å²) in [5, 5.41) is 0. The molecule has 0 aromatic carbocycles. The molecule has 0 bridgehead atoms. The third-order valence-electron chi connectivity index (χ3n) is 3.08. The molecule has 16 heavy (non-hydrogen) atoms. The number of ether oxygens (including phenoxy) is 1. The first-order chi connectivity index (χ1) is 7.86. The zero-order valence-electron chi connectivity index (χ0n) is 10.4. The van der Waals surface area contributed by atoms with Crippen LogP contribution in [0.5, 0.6) is 0 Å². The smallest absolute Gasteiger partial charge is 0.0554 e. The van der Waals surface area contributed by atoms with Crippen LogP contribution in [-0.4, -0.2) is 37.0 Å². The minimum Gasteiger partial charge on any atom is -0.381 e. The Morgan fingerprint density at radius 2 is 2.25 bits per heavy atom. The van der Waals surface area contributed by atoms with Gasteiger partial charge in [0, 0.05) is 25.4 Å². The van der Waals surface area contributed by atoms with Crippen LogP contribution in [-0.2, 0) is 4.74 Å². The molecule has 0 radical (unpaired) electrons. The summed E-state index contributed by atoms with van der Waals surface area (Å²) in [6, 6.07) is 0. The molecule has 0 amide bonds. The lowest BCUT2D eigenvalue weighted by molar-refractivity contribution is 0.142. The number of thiol groups is 1. The first-order valence-electron chi connectivity index (χ1n) is 6.46. The Morgan fingerprint density at radius 3 is 3.00 bits per heavy atom. The van der Waals surface area contributed by atoms with Gasteiger partial charge in [0.05, 0.1) is 6.61 Å². The van der Waals surface area contributed by atoms with Gasteiger partial charge in [-0.2, -0.15) is 12.6 Å². The highest BCUT2D eigenvalue weighted by molar-refractivity contribution is 7.80. The van der Waals surface area contributed by atoms with E-state index in [0.29, 0.717) is 0 Å². The number of hydrogen-bond acceptors (Lipinski definition) is 3. The van der Waals surface area contributed by atoms with E-state index in [1.807, 2.05) is 0 Å². The van der Waals surface area contributed by atoms with Crippen LogP contribution in [0.3, 0.4) is 0 Å². The molecule has 0 saturated heterocycles. The van der Waals surface area contributed by atoms with Crippen molar-refractivity contribution < 1.29 is 4.74 Å². The van der Waals surface area contributed by atoms with E-state index >= 15 is 0 Å². The minimum atomic E-state index is 0.782. The van der Waals surface area contributed by atoms with Gasteiger partial charge < -0.3 is 9.64 Å². The van der Waals surface area contributed by atoms with Crippen molar-refractivity contribution in [3.05, 3.63) is 12.3 Å². The van der Waals surface area contributed by atoms with Crippen molar-refractivity contribution in [3.8, 4) is 0 Å². The Hall–Kier alpha value is -0.150. The molecule has 0 aliphatic carbocycles. The van der Waals surface area contributed by atoms with E-state index in [9.17, 15) is 0 Å². The molecule has 1 rings (SSSR count). The van der Waals surface area contributed by atoms with Gasteiger partial charge in [-0.3, -0.25) is 0 Å². The van der Waals surface area contributed by atoms with Crippen molar-refractivity contribution in [2.45, 2.75) is 32.6 Å². The summed E-state index contributed by atoms with van der Waals surface area (Å²) < 4.78 is 5.40. The number of nitrogens with zero attached hydrogens (tertiary/aromatic N) is 1. The second-order valence-electron chi connectivity index (χ2n) is 4.43. The molecule has 0 spiro atoms. The van der Waals surface area contributed by atoms with E-state index in [-0.39, 0.29) is 0 Å². The fourth-order valence-electron chi connectivity index (χ4n) is 2.02. The predicted octanol–water partition coefficient (Wildman–Crippen LogP) is 2.96. The van der Waals surface area contributed by atoms with Crippen LogP contribution in [0.1, 0.15) is 32.6 Å². The molecule has 0 aromatic rings. The molecular weight excluding hydrogens is 218 g/mol. The van der Waals surface area contributed by atoms with E-state index < -0.39 is 0 Å². The van der Waals surface area contributed by atoms with Crippen molar-refractivity contribution >= 4 is 12.6 Å². The van der Waals surface area contributed by atoms with Crippen LogP contribution in [0.15, 0.2) is 12.3 Å². The molecule has 0 aromatic heterocycles. The highest BCUT2D eigenvalue weighted by Crippen LogP contribution is 2.16. The molecular formula is C13H25NOS. The van der Waals surface area contributed by atoms with E-state index in [2.05, 4.69) is 36.7 Å². The molecule has 1 atom stereocenters. The standard InChI is InChI=1S/C13H25NOS/c1-2-13-6-5-8-14(12-13)7-3-4-9-15-10-11-16/h5,8,13,16H,2-4,6-7,9-12H2,1H3/t13-/m1/s1. The van der Waals surface area contributed by atoms with Gasteiger partial charge in [0.1, 0.15) is 0 Å². The van der Waals surface area contributed by atoms with E-state index in [1.165, 1.54) is 32.4 Å². The molecule has 0 unspecified atom stereocenters. The molecule has 94 valence electrons. The van der Waals surface area contributed by atoms with Gasteiger partial charge in [-0.05, 0) is 31.4 Å². The summed E-state index contributed by atoms with van der Waals surface area (Å²) in [4.78, 5) is 2.45. The fourth-order valence-corrected chi connectivity index (χ4v) is 2.15. The summed E-state index contributed by atoms with van der Waals surface area (Å²) in [6.45, 7) is 6.37. The zero-order chi connectivity index (χ0) is 11.6. The summed E-state index contributed by atoms with van der Waals surface area (Å²) in [7, 11) is 0. The van der Waals surface area contributed by atoms with E-state index in [0.717, 1.165) is 31.3 Å². The summed E-state index contributed by atoms with van der Waals surface area (Å²) in [6.07, 6.45) is 9.53. The average molecular weight is 243 g/mol. The normalized spacial score (nSPS) is 20.4. The molecule has 1 aliphatic rings. The quantitative estimate of drug-likeness (QED) is 0.520. The Morgan fingerprint density at radius 1 is 1.38 bits per heavy atom. The Bertz CT molecular complexity index is 196. The Kier molecular flexibility index (Phi) is 7.77. The van der Waals surface area contributed by atoms with Crippen LogP contribution in [0.2, 0.25) is 0 Å². The monoisotopic (exact) mass is 243 g/mol. The number of unbranched alkanes of at least 4 members (excludes halogenated alkanes) is 1. The van der Waals surface area contributed by atoms with Gasteiger partial charge in [-0.15, -0.1) is 0 Å². The largest absolute Gasteiger partial charge is 0.381 e. The van der Waals surface area contributed by atoms with E-state index in [4.69, 9.17) is 4.74 Å². The minimum absolute atomic E-state index is 0.782. The maximum atomic E-state index is 5.40. The van der Waals surface area contributed by atoms with Gasteiger partial charge in [0.2, 0.25) is 0 Å². The Balaban J connectivity index is 2.00. The van der Waals surface area contributed by atoms with Gasteiger partial charge in [0.15, 0.2) is 0 Å². The third-order valence-corrected chi connectivity index (χ3v) is 3.26. The SMILES string of the molecule is CC[C@@H]1CC=CN(CCCCOCCS)C1. The molecule has 2 nitrogen and oxygen atoms in total. The fraction of sp³-hybridized carbons (Fsp3) is 0.846. The second-order valence-corrected chi connectivity index (χ2v) is 4.88. The lowest BCUT2D eigenvalue weighted by Gasteiger charge is -2.29. The highest BCUT2D eigenvalue weighted by atomic mass is 32.1. The van der Waals surface area contributed by atoms with Crippen molar-refractivity contribution in [2.75, 3.05) is 32.1 Å². The van der Waals surface area contributed by atoms with Gasteiger partial charge in [-0.1, -0.05) is 19.4 Å². The van der Waals surface area contributed by atoms with Crippen molar-refractivity contribution in [3.63, 3.8) is 0 Å². The van der Waals surface area contributed by atoms with Crippen molar-refractivity contribution in [1.29, 1.82) is 0 Å². The van der Waals surface area contributed by atoms with Crippen LogP contribution in [0.4, 0.5) is 0 Å². The molecule has 3 heteroatoms. The van der Waals surface area contributed by atoms with Crippen molar-refractivity contribution in [2.24, 2.45) is 5.92 Å². The number of rotatable bonds is 8. The first kappa shape index (κ1) is 13.9. The second kappa shape index (κ2) is 8.94. The maximum Gasteiger partial charge on any atom is 0.0554 e. The van der Waals surface area contributed by atoms with E-state index in [1.54, 1.807) is 0 Å². The lowest BCUT2D eigenvalue weighted by atomic mass is 9.99. The van der Waals surface area contributed by atoms with Crippen LogP contribution >= 0.6 is 12.6 Å². The topological polar surface area (TPSA) is 12.5 Å². The molecule has 0 fully saturated rings. The van der Waals surface area contributed by atoms with Gasteiger partial charge in [0.25, 0.3) is 0 Å². The molecule has 0 saturated carbocycles. The summed E-state index contributed by atoms with van der Waals surface area (Å²) in [5.74, 6) is 1.69. The number of hydrogen-bond donors (Lipinski definition) is 1. The van der Waals surface area contributed by atoms with Crippen molar-refractivity contribution in [1.82, 2.24) is 4.90 Å². The van der Waals surface area contributed by atoms with Crippen LogP contribution in [0, 0.1) is 5.92 Å². The zero-order valence-corrected chi connectivity index (χ0v) is 11.3. The molecule has 1 aliphatic heterocycles. The maximum absolute atomic E-state index is 5.40. The molecule has 1 heterocycles. The van der Waals surface area contributed by atoms with Crippen LogP contribution in [0.25, 0.3) is 0 Å². The van der Waals surface area contributed by atoms with Crippen LogP contribution < -0.4 is 0 Å². The number of allylic oxidation sites excluding steroid dienone is 1. The highest BCUT2D eigenvalue weighted by Gasteiger charge is 2.12. The molecule has 0 N–H and O–H groups in total.